The number of hydrogen-bond donors (Lipinski definition) is 2. The molecule has 2 aliphatic rings. The predicted molar refractivity (Wildman–Crippen MR) is 127 cm³/mol. The van der Waals surface area contributed by atoms with Gasteiger partial charge >= 0.3 is 0 Å². The highest BCUT2D eigenvalue weighted by molar-refractivity contribution is 6.46. The molecule has 0 spiro atoms. The summed E-state index contributed by atoms with van der Waals surface area (Å²) in [5.74, 6) is -0.704. The number of ether oxygens (including phenoxy) is 1. The van der Waals surface area contributed by atoms with Gasteiger partial charge in [-0.15, -0.1) is 0 Å². The number of rotatable bonds is 7. The van der Waals surface area contributed by atoms with Gasteiger partial charge in [-0.1, -0.05) is 30.3 Å². The summed E-state index contributed by atoms with van der Waals surface area (Å²) in [6.07, 6.45) is 0.0311. The van der Waals surface area contributed by atoms with Crippen molar-refractivity contribution in [3.05, 3.63) is 71.3 Å². The Bertz CT molecular complexity index is 1010. The Morgan fingerprint density at radius 2 is 1.70 bits per heavy atom. The number of carbonyl (C=O) groups is 2. The molecule has 33 heavy (non-hydrogen) atoms. The van der Waals surface area contributed by atoms with E-state index < -0.39 is 17.7 Å². The zero-order chi connectivity index (χ0) is 23.4. The molecule has 2 heterocycles. The van der Waals surface area contributed by atoms with E-state index in [2.05, 4.69) is 10.2 Å². The van der Waals surface area contributed by atoms with Crippen LogP contribution >= 0.6 is 0 Å². The zero-order valence-corrected chi connectivity index (χ0v) is 19.2. The molecule has 2 N–H and O–H groups in total. The normalized spacial score (nSPS) is 21.1. The maximum Gasteiger partial charge on any atom is 0.295 e. The Hall–Kier alpha value is -3.16. The molecule has 2 aromatic rings. The minimum absolute atomic E-state index is 0.0311. The molecule has 0 radical (unpaired) electrons. The lowest BCUT2D eigenvalue weighted by molar-refractivity contribution is -0.140. The summed E-state index contributed by atoms with van der Waals surface area (Å²) in [5, 5.41) is 14.5. The van der Waals surface area contributed by atoms with Gasteiger partial charge in [0.25, 0.3) is 11.7 Å². The second-order valence-electron chi connectivity index (χ2n) is 8.69. The van der Waals surface area contributed by atoms with Gasteiger partial charge in [-0.25, -0.2) is 0 Å². The standard InChI is InChI=1S/C26H31N3O4/c1-18(2)33-21-10-8-20(9-11-21)24(30)22-23(19-6-4-3-5-7-19)29(26(32)25(22)31)17-16-28-14-12-27-13-15-28/h3-11,18,23,27,30H,12-17H2,1-2H3/b24-22+/t23-/m1/s1. The Kier molecular flexibility index (Phi) is 7.11. The van der Waals surface area contributed by atoms with Gasteiger partial charge < -0.3 is 20.1 Å². The third-order valence-corrected chi connectivity index (χ3v) is 6.02. The fraction of sp³-hybridized carbons (Fsp3) is 0.385. The molecule has 1 amide bonds. The van der Waals surface area contributed by atoms with Crippen LogP contribution in [0.2, 0.25) is 0 Å². The van der Waals surface area contributed by atoms with Crippen LogP contribution in [0.3, 0.4) is 0 Å². The van der Waals surface area contributed by atoms with Crippen LogP contribution in [0.5, 0.6) is 5.75 Å². The first-order chi connectivity index (χ1) is 16.0. The van der Waals surface area contributed by atoms with Gasteiger partial charge in [0.2, 0.25) is 0 Å². The van der Waals surface area contributed by atoms with Crippen LogP contribution < -0.4 is 10.1 Å². The van der Waals surface area contributed by atoms with Crippen LogP contribution in [-0.4, -0.2) is 72.0 Å². The average molecular weight is 450 g/mol. The van der Waals surface area contributed by atoms with E-state index in [4.69, 9.17) is 4.74 Å². The largest absolute Gasteiger partial charge is 0.507 e. The summed E-state index contributed by atoms with van der Waals surface area (Å²) in [7, 11) is 0. The highest BCUT2D eigenvalue weighted by Gasteiger charge is 2.45. The lowest BCUT2D eigenvalue weighted by atomic mass is 9.95. The monoisotopic (exact) mass is 449 g/mol. The number of nitrogens with zero attached hydrogens (tertiary/aromatic N) is 2. The van der Waals surface area contributed by atoms with Crippen LogP contribution in [0, 0.1) is 0 Å². The van der Waals surface area contributed by atoms with E-state index in [1.165, 1.54) is 0 Å². The highest BCUT2D eigenvalue weighted by atomic mass is 16.5. The molecule has 4 rings (SSSR count). The summed E-state index contributed by atoms with van der Waals surface area (Å²) in [6.45, 7) is 8.62. The molecular formula is C26H31N3O4. The summed E-state index contributed by atoms with van der Waals surface area (Å²) in [5.41, 5.74) is 1.41. The molecule has 7 nitrogen and oxygen atoms in total. The maximum atomic E-state index is 13.1. The highest BCUT2D eigenvalue weighted by Crippen LogP contribution is 2.39. The van der Waals surface area contributed by atoms with Crippen molar-refractivity contribution >= 4 is 17.4 Å². The van der Waals surface area contributed by atoms with Crippen molar-refractivity contribution in [3.8, 4) is 5.75 Å². The second-order valence-corrected chi connectivity index (χ2v) is 8.69. The lowest BCUT2D eigenvalue weighted by Gasteiger charge is -2.31. The van der Waals surface area contributed by atoms with E-state index in [1.807, 2.05) is 44.2 Å². The maximum absolute atomic E-state index is 13.1. The van der Waals surface area contributed by atoms with Crippen molar-refractivity contribution in [2.45, 2.75) is 26.0 Å². The van der Waals surface area contributed by atoms with Gasteiger partial charge in [0.15, 0.2) is 0 Å². The minimum atomic E-state index is -0.649. The van der Waals surface area contributed by atoms with Crippen molar-refractivity contribution in [3.63, 3.8) is 0 Å². The molecule has 0 bridgehead atoms. The lowest BCUT2D eigenvalue weighted by Crippen LogP contribution is -2.46. The van der Waals surface area contributed by atoms with Crippen LogP contribution in [-0.2, 0) is 9.59 Å². The molecule has 0 aromatic heterocycles. The number of amides is 1. The van der Waals surface area contributed by atoms with Gasteiger partial charge in [-0.2, -0.15) is 0 Å². The SMILES string of the molecule is CC(C)Oc1ccc(/C(O)=C2\C(=O)C(=O)N(CCN3CCNCC3)[C@@H]2c2ccccc2)cc1. The quantitative estimate of drug-likeness (QED) is 0.384. The molecular weight excluding hydrogens is 418 g/mol. The molecule has 7 heteroatoms. The Labute approximate surface area is 194 Å². The number of nitrogens with one attached hydrogen (secondary N) is 1. The molecule has 0 unspecified atom stereocenters. The first-order valence-corrected chi connectivity index (χ1v) is 11.5. The fourth-order valence-electron chi connectivity index (χ4n) is 4.40. The minimum Gasteiger partial charge on any atom is -0.507 e. The van der Waals surface area contributed by atoms with Crippen molar-refractivity contribution in [2.24, 2.45) is 0 Å². The summed E-state index contributed by atoms with van der Waals surface area (Å²) in [4.78, 5) is 30.1. The number of piperazine rings is 1. The third kappa shape index (κ3) is 5.10. The molecule has 2 aliphatic heterocycles. The molecule has 2 fully saturated rings. The second kappa shape index (κ2) is 10.2. The van der Waals surface area contributed by atoms with Gasteiger partial charge in [0.05, 0.1) is 17.7 Å². The number of Topliss-reactive ketones (excluding diaryl/α,β-unsaturated/α-hetero) is 1. The molecule has 2 saturated heterocycles. The number of aliphatic hydroxyl groups is 1. The summed E-state index contributed by atoms with van der Waals surface area (Å²) >= 11 is 0. The van der Waals surface area contributed by atoms with Crippen molar-refractivity contribution < 1.29 is 19.4 Å². The van der Waals surface area contributed by atoms with Crippen molar-refractivity contribution in [1.82, 2.24) is 15.1 Å². The number of benzene rings is 2. The third-order valence-electron chi connectivity index (χ3n) is 6.02. The van der Waals surface area contributed by atoms with Crippen molar-refractivity contribution in [2.75, 3.05) is 39.3 Å². The summed E-state index contributed by atoms with van der Waals surface area (Å²) in [6, 6.07) is 15.7. The van der Waals surface area contributed by atoms with E-state index in [0.717, 1.165) is 31.7 Å². The van der Waals surface area contributed by atoms with E-state index in [-0.39, 0.29) is 17.4 Å². The smallest absolute Gasteiger partial charge is 0.295 e. The number of aliphatic hydroxyl groups excluding tert-OH is 1. The number of likely N-dealkylation sites (tertiary alicyclic amines) is 1. The Morgan fingerprint density at radius 1 is 1.03 bits per heavy atom. The molecule has 2 aromatic carbocycles. The first kappa shape index (κ1) is 23.0. The molecule has 174 valence electrons. The van der Waals surface area contributed by atoms with Gasteiger partial charge in [0.1, 0.15) is 11.5 Å². The molecule has 0 aliphatic carbocycles. The topological polar surface area (TPSA) is 82.1 Å². The van der Waals surface area contributed by atoms with E-state index in [0.29, 0.717) is 24.4 Å². The molecule has 1 atom stereocenters. The number of ketones is 1. The van der Waals surface area contributed by atoms with Crippen LogP contribution in [0.1, 0.15) is 31.0 Å². The van der Waals surface area contributed by atoms with Gasteiger partial charge in [0, 0.05) is 44.8 Å². The van der Waals surface area contributed by atoms with E-state index in [9.17, 15) is 14.7 Å². The molecule has 0 saturated carbocycles. The van der Waals surface area contributed by atoms with Gasteiger partial charge in [-0.3, -0.25) is 14.5 Å². The summed E-state index contributed by atoms with van der Waals surface area (Å²) < 4.78 is 5.67. The predicted octanol–water partition coefficient (Wildman–Crippen LogP) is 2.80. The number of carbonyl (C=O) groups excluding carboxylic acids is 2. The number of hydrogen-bond acceptors (Lipinski definition) is 6. The Morgan fingerprint density at radius 3 is 2.33 bits per heavy atom. The fourth-order valence-corrected chi connectivity index (χ4v) is 4.40. The average Bonchev–Trinajstić information content (AvgIpc) is 3.08. The van der Waals surface area contributed by atoms with Crippen LogP contribution in [0.25, 0.3) is 5.76 Å². The Balaban J connectivity index is 1.67. The van der Waals surface area contributed by atoms with Crippen LogP contribution in [0.4, 0.5) is 0 Å². The van der Waals surface area contributed by atoms with Crippen molar-refractivity contribution in [1.29, 1.82) is 0 Å². The van der Waals surface area contributed by atoms with Crippen LogP contribution in [0.15, 0.2) is 60.2 Å². The van der Waals surface area contributed by atoms with Gasteiger partial charge in [-0.05, 0) is 43.7 Å². The zero-order valence-electron chi connectivity index (χ0n) is 19.2. The first-order valence-electron chi connectivity index (χ1n) is 11.5. The van der Waals surface area contributed by atoms with E-state index >= 15 is 0 Å². The van der Waals surface area contributed by atoms with E-state index in [1.54, 1.807) is 29.2 Å².